The highest BCUT2D eigenvalue weighted by atomic mass is 35.5. The molecule has 0 fully saturated rings. The van der Waals surface area contributed by atoms with Crippen molar-refractivity contribution in [2.75, 3.05) is 5.32 Å². The monoisotopic (exact) mass is 303 g/mol. The van der Waals surface area contributed by atoms with E-state index in [1.54, 1.807) is 0 Å². The number of halogens is 5. The van der Waals surface area contributed by atoms with Crippen LogP contribution in [0.1, 0.15) is 18.5 Å². The number of benzene rings is 2. The SMILES string of the molecule is CC(Nc1c(F)cc(F)cc1Cl)c1cc(F)ccc1F. The number of rotatable bonds is 3. The van der Waals surface area contributed by atoms with E-state index in [0.717, 1.165) is 24.3 Å². The number of hydrogen-bond acceptors (Lipinski definition) is 1. The van der Waals surface area contributed by atoms with Gasteiger partial charge in [0.2, 0.25) is 0 Å². The molecule has 6 heteroatoms. The number of nitrogens with one attached hydrogen (secondary N) is 1. The molecule has 1 N–H and O–H groups in total. The van der Waals surface area contributed by atoms with Gasteiger partial charge >= 0.3 is 0 Å². The second kappa shape index (κ2) is 5.71. The molecule has 20 heavy (non-hydrogen) atoms. The molecule has 0 spiro atoms. The van der Waals surface area contributed by atoms with Crippen molar-refractivity contribution in [3.63, 3.8) is 0 Å². The molecule has 0 aliphatic rings. The van der Waals surface area contributed by atoms with E-state index in [4.69, 9.17) is 11.6 Å². The maximum Gasteiger partial charge on any atom is 0.150 e. The number of hydrogen-bond donors (Lipinski definition) is 1. The Labute approximate surface area is 118 Å². The summed E-state index contributed by atoms with van der Waals surface area (Å²) in [7, 11) is 0. The van der Waals surface area contributed by atoms with Crippen molar-refractivity contribution in [2.45, 2.75) is 13.0 Å². The molecular weight excluding hydrogens is 294 g/mol. The summed E-state index contributed by atoms with van der Waals surface area (Å²) < 4.78 is 53.2. The van der Waals surface area contributed by atoms with Crippen LogP contribution in [0.5, 0.6) is 0 Å². The van der Waals surface area contributed by atoms with Crippen LogP contribution >= 0.6 is 11.6 Å². The Morgan fingerprint density at radius 3 is 2.30 bits per heavy atom. The van der Waals surface area contributed by atoms with Crippen LogP contribution in [0.3, 0.4) is 0 Å². The molecular formula is C14H10ClF4N. The van der Waals surface area contributed by atoms with E-state index >= 15 is 0 Å². The first kappa shape index (κ1) is 14.7. The largest absolute Gasteiger partial charge is 0.375 e. The zero-order valence-corrected chi connectivity index (χ0v) is 11.1. The van der Waals surface area contributed by atoms with Gasteiger partial charge in [0.25, 0.3) is 0 Å². The van der Waals surface area contributed by atoms with Crippen molar-refractivity contribution in [1.82, 2.24) is 0 Å². The molecule has 2 aromatic rings. The summed E-state index contributed by atoms with van der Waals surface area (Å²) in [6.07, 6.45) is 0. The Morgan fingerprint density at radius 2 is 1.65 bits per heavy atom. The highest BCUT2D eigenvalue weighted by Gasteiger charge is 2.16. The summed E-state index contributed by atoms with van der Waals surface area (Å²) in [6, 6.07) is 3.80. The lowest BCUT2D eigenvalue weighted by molar-refractivity contribution is 0.571. The summed E-state index contributed by atoms with van der Waals surface area (Å²) in [5.41, 5.74) is -0.144. The molecule has 0 aliphatic heterocycles. The van der Waals surface area contributed by atoms with Crippen LogP contribution in [0, 0.1) is 23.3 Å². The van der Waals surface area contributed by atoms with Crippen LogP contribution < -0.4 is 5.32 Å². The van der Waals surface area contributed by atoms with Crippen molar-refractivity contribution in [3.8, 4) is 0 Å². The van der Waals surface area contributed by atoms with Gasteiger partial charge in [0.05, 0.1) is 16.8 Å². The molecule has 1 nitrogen and oxygen atoms in total. The molecule has 2 rings (SSSR count). The predicted octanol–water partition coefficient (Wildman–Crippen LogP) is 5.07. The van der Waals surface area contributed by atoms with Gasteiger partial charge in [0, 0.05) is 11.6 Å². The van der Waals surface area contributed by atoms with Gasteiger partial charge in [-0.05, 0) is 31.2 Å². The Hall–Kier alpha value is -1.75. The minimum absolute atomic E-state index is 0.0183. The summed E-state index contributed by atoms with van der Waals surface area (Å²) in [5, 5.41) is 2.43. The Balaban J connectivity index is 2.32. The fourth-order valence-corrected chi connectivity index (χ4v) is 2.07. The molecule has 106 valence electrons. The lowest BCUT2D eigenvalue weighted by atomic mass is 10.1. The summed E-state index contributed by atoms with van der Waals surface area (Å²) in [4.78, 5) is 0. The first-order chi connectivity index (χ1) is 9.38. The second-order valence-corrected chi connectivity index (χ2v) is 4.68. The van der Waals surface area contributed by atoms with Crippen molar-refractivity contribution in [2.24, 2.45) is 0 Å². The maximum atomic E-state index is 13.6. The van der Waals surface area contributed by atoms with E-state index in [2.05, 4.69) is 5.32 Å². The highest BCUT2D eigenvalue weighted by molar-refractivity contribution is 6.33. The summed E-state index contributed by atoms with van der Waals surface area (Å²) >= 11 is 5.73. The molecule has 0 amide bonds. The van der Waals surface area contributed by atoms with Crippen LogP contribution in [-0.4, -0.2) is 0 Å². The van der Waals surface area contributed by atoms with Crippen LogP contribution in [0.2, 0.25) is 5.02 Å². The average molecular weight is 304 g/mol. The molecule has 1 atom stereocenters. The molecule has 0 bridgehead atoms. The third-order valence-electron chi connectivity index (χ3n) is 2.79. The number of anilines is 1. The normalized spacial score (nSPS) is 12.3. The van der Waals surface area contributed by atoms with Crippen molar-refractivity contribution >= 4 is 17.3 Å². The predicted molar refractivity (Wildman–Crippen MR) is 69.8 cm³/mol. The van der Waals surface area contributed by atoms with E-state index in [1.165, 1.54) is 6.92 Å². The van der Waals surface area contributed by atoms with Gasteiger partial charge in [-0.25, -0.2) is 17.6 Å². The molecule has 0 aliphatic carbocycles. The summed E-state index contributed by atoms with van der Waals surface area (Å²) in [6.45, 7) is 1.51. The van der Waals surface area contributed by atoms with Crippen LogP contribution in [0.4, 0.5) is 23.2 Å². The van der Waals surface area contributed by atoms with E-state index < -0.39 is 29.3 Å². The lowest BCUT2D eigenvalue weighted by Gasteiger charge is -2.18. The molecule has 2 aromatic carbocycles. The molecule has 0 saturated heterocycles. The molecule has 0 radical (unpaired) electrons. The fourth-order valence-electron chi connectivity index (χ4n) is 1.82. The van der Waals surface area contributed by atoms with Gasteiger partial charge in [-0.1, -0.05) is 11.6 Å². The van der Waals surface area contributed by atoms with Gasteiger partial charge in [-0.15, -0.1) is 0 Å². The Morgan fingerprint density at radius 1 is 0.950 bits per heavy atom. The highest BCUT2D eigenvalue weighted by Crippen LogP contribution is 2.30. The molecule has 0 aromatic heterocycles. The zero-order valence-electron chi connectivity index (χ0n) is 10.4. The van der Waals surface area contributed by atoms with E-state index in [0.29, 0.717) is 6.07 Å². The Bertz CT molecular complexity index is 622. The quantitative estimate of drug-likeness (QED) is 0.781. The fraction of sp³-hybridized carbons (Fsp3) is 0.143. The van der Waals surface area contributed by atoms with Crippen LogP contribution in [0.25, 0.3) is 0 Å². The third kappa shape index (κ3) is 3.04. The minimum atomic E-state index is -0.904. The van der Waals surface area contributed by atoms with E-state index in [1.807, 2.05) is 0 Å². The smallest absolute Gasteiger partial charge is 0.150 e. The van der Waals surface area contributed by atoms with Gasteiger partial charge in [-0.2, -0.15) is 0 Å². The van der Waals surface area contributed by atoms with Crippen LogP contribution in [-0.2, 0) is 0 Å². The molecule has 0 saturated carbocycles. The summed E-state index contributed by atoms with van der Waals surface area (Å²) in [5.74, 6) is -2.97. The van der Waals surface area contributed by atoms with Crippen LogP contribution in [0.15, 0.2) is 30.3 Å². The third-order valence-corrected chi connectivity index (χ3v) is 3.09. The average Bonchev–Trinajstić information content (AvgIpc) is 2.36. The van der Waals surface area contributed by atoms with Gasteiger partial charge < -0.3 is 5.32 Å². The molecule has 0 heterocycles. The Kier molecular flexibility index (Phi) is 4.18. The van der Waals surface area contributed by atoms with E-state index in [9.17, 15) is 17.6 Å². The second-order valence-electron chi connectivity index (χ2n) is 4.28. The maximum absolute atomic E-state index is 13.6. The first-order valence-electron chi connectivity index (χ1n) is 5.74. The van der Waals surface area contributed by atoms with E-state index in [-0.39, 0.29) is 16.3 Å². The standard InChI is InChI=1S/C14H10ClF4N/c1-7(10-4-8(16)2-3-12(10)18)20-14-11(15)5-9(17)6-13(14)19/h2-7,20H,1H3. The van der Waals surface area contributed by atoms with Gasteiger partial charge in [-0.3, -0.25) is 0 Å². The van der Waals surface area contributed by atoms with Crippen molar-refractivity contribution in [1.29, 1.82) is 0 Å². The first-order valence-corrected chi connectivity index (χ1v) is 6.12. The minimum Gasteiger partial charge on any atom is -0.375 e. The van der Waals surface area contributed by atoms with Gasteiger partial charge in [0.1, 0.15) is 17.5 Å². The van der Waals surface area contributed by atoms with Crippen molar-refractivity contribution < 1.29 is 17.6 Å². The lowest BCUT2D eigenvalue weighted by Crippen LogP contribution is -2.11. The van der Waals surface area contributed by atoms with Crippen molar-refractivity contribution in [3.05, 3.63) is 64.2 Å². The van der Waals surface area contributed by atoms with Gasteiger partial charge in [0.15, 0.2) is 5.82 Å². The topological polar surface area (TPSA) is 12.0 Å². The molecule has 1 unspecified atom stereocenters. The zero-order chi connectivity index (χ0) is 14.9.